The summed E-state index contributed by atoms with van der Waals surface area (Å²) < 4.78 is 5.59. The Balaban J connectivity index is 1.38. The highest BCUT2D eigenvalue weighted by atomic mass is 16.5. The van der Waals surface area contributed by atoms with Crippen molar-refractivity contribution in [1.82, 2.24) is 0 Å². The lowest BCUT2D eigenvalue weighted by Gasteiger charge is -2.13. The number of hydrogen-bond donors (Lipinski definition) is 1. The third kappa shape index (κ3) is 6.04. The van der Waals surface area contributed by atoms with Crippen molar-refractivity contribution in [2.45, 2.75) is 57.3 Å². The van der Waals surface area contributed by atoms with Gasteiger partial charge in [-0.05, 0) is 48.1 Å². The fraction of sp³-hybridized carbons (Fsp3) is 0.423. The van der Waals surface area contributed by atoms with Crippen LogP contribution in [0, 0.1) is 0 Å². The van der Waals surface area contributed by atoms with E-state index in [0.717, 1.165) is 25.8 Å². The molecule has 2 N–H and O–H groups in total. The monoisotopic (exact) mass is 391 g/mol. The van der Waals surface area contributed by atoms with Gasteiger partial charge in [-0.1, -0.05) is 86.7 Å². The number of benzene rings is 2. The number of ether oxygens (including phenoxy) is 1. The van der Waals surface area contributed by atoms with Gasteiger partial charge >= 0.3 is 5.97 Å². The molecule has 1 aliphatic carbocycles. The molecule has 3 nitrogen and oxygen atoms in total. The molecule has 2 aromatic carbocycles. The largest absolute Gasteiger partial charge is 0.462 e. The zero-order chi connectivity index (χ0) is 20.3. The molecule has 3 heteroatoms. The van der Waals surface area contributed by atoms with Gasteiger partial charge in [0, 0.05) is 12.0 Å². The smallest absolute Gasteiger partial charge is 0.330 e. The lowest BCUT2D eigenvalue weighted by atomic mass is 9.98. The summed E-state index contributed by atoms with van der Waals surface area (Å²) in [5.74, 6) is -0.118. The van der Waals surface area contributed by atoms with E-state index < -0.39 is 0 Å². The number of esters is 1. The van der Waals surface area contributed by atoms with E-state index in [-0.39, 0.29) is 11.9 Å². The van der Waals surface area contributed by atoms with Crippen LogP contribution in [0.3, 0.4) is 0 Å². The minimum atomic E-state index is -0.242. The van der Waals surface area contributed by atoms with Gasteiger partial charge in [-0.2, -0.15) is 0 Å². The summed E-state index contributed by atoms with van der Waals surface area (Å²) in [7, 11) is 0. The molecule has 0 amide bonds. The summed E-state index contributed by atoms with van der Waals surface area (Å²) in [4.78, 5) is 12.1. The van der Waals surface area contributed by atoms with Crippen LogP contribution in [-0.4, -0.2) is 19.1 Å². The Bertz CT molecular complexity index is 766. The van der Waals surface area contributed by atoms with Crippen LogP contribution in [0.15, 0.2) is 60.7 Å². The predicted octanol–water partition coefficient (Wildman–Crippen LogP) is 5.98. The van der Waals surface area contributed by atoms with E-state index in [1.165, 1.54) is 54.4 Å². The molecule has 0 unspecified atom stereocenters. The van der Waals surface area contributed by atoms with Crippen LogP contribution in [0.1, 0.15) is 68.4 Å². The van der Waals surface area contributed by atoms with Crippen LogP contribution in [-0.2, 0) is 9.53 Å². The molecule has 0 atom stereocenters. The first-order valence-electron chi connectivity index (χ1n) is 11.0. The van der Waals surface area contributed by atoms with Gasteiger partial charge in [0.25, 0.3) is 0 Å². The van der Waals surface area contributed by atoms with Crippen molar-refractivity contribution in [2.75, 3.05) is 13.2 Å². The minimum Gasteiger partial charge on any atom is -0.462 e. The molecule has 0 aliphatic heterocycles. The first-order valence-corrected chi connectivity index (χ1v) is 11.0. The Morgan fingerprint density at radius 2 is 1.38 bits per heavy atom. The lowest BCUT2D eigenvalue weighted by Crippen LogP contribution is -2.10. The number of carbonyl (C=O) groups is 1. The Hall–Kier alpha value is -2.39. The first-order chi connectivity index (χ1) is 14.3. The van der Waals surface area contributed by atoms with E-state index in [0.29, 0.717) is 6.61 Å². The molecule has 154 valence electrons. The third-order valence-electron chi connectivity index (χ3n) is 5.68. The van der Waals surface area contributed by atoms with Crippen LogP contribution in [0.5, 0.6) is 0 Å². The van der Waals surface area contributed by atoms with Crippen LogP contribution < -0.4 is 5.73 Å². The van der Waals surface area contributed by atoms with Gasteiger partial charge in [0.2, 0.25) is 0 Å². The standard InChI is InChI=1S/C26H33NO2/c27-19-13-7-5-3-1-2-4-6-8-18-26(28)29-20-25-23-16-11-9-14-21(23)22-15-10-12-17-24(22)25/h8-12,14-18,25H,1-7,13,19-20,27H2. The van der Waals surface area contributed by atoms with Crippen molar-refractivity contribution >= 4 is 5.97 Å². The van der Waals surface area contributed by atoms with Gasteiger partial charge in [0.1, 0.15) is 6.61 Å². The quantitative estimate of drug-likeness (QED) is 0.275. The average Bonchev–Trinajstić information content (AvgIpc) is 3.07. The number of rotatable bonds is 12. The topological polar surface area (TPSA) is 52.3 Å². The van der Waals surface area contributed by atoms with Crippen molar-refractivity contribution in [3.05, 3.63) is 71.8 Å². The van der Waals surface area contributed by atoms with Gasteiger partial charge in [0.05, 0.1) is 0 Å². The molecule has 0 heterocycles. The number of allylic oxidation sites excluding steroid dienone is 1. The summed E-state index contributed by atoms with van der Waals surface area (Å²) in [6.45, 7) is 1.20. The Morgan fingerprint density at radius 3 is 2.00 bits per heavy atom. The summed E-state index contributed by atoms with van der Waals surface area (Å²) >= 11 is 0. The van der Waals surface area contributed by atoms with Gasteiger partial charge in [-0.3, -0.25) is 0 Å². The lowest BCUT2D eigenvalue weighted by molar-refractivity contribution is -0.138. The Morgan fingerprint density at radius 1 is 0.828 bits per heavy atom. The maximum absolute atomic E-state index is 12.1. The summed E-state index contributed by atoms with van der Waals surface area (Å²) in [5, 5.41) is 0. The van der Waals surface area contributed by atoms with Gasteiger partial charge in [-0.15, -0.1) is 0 Å². The van der Waals surface area contributed by atoms with Crippen LogP contribution in [0.25, 0.3) is 11.1 Å². The number of hydrogen-bond acceptors (Lipinski definition) is 3. The van der Waals surface area contributed by atoms with Gasteiger partial charge < -0.3 is 10.5 Å². The number of carbonyl (C=O) groups excluding carboxylic acids is 1. The molecule has 0 bridgehead atoms. The summed E-state index contributed by atoms with van der Waals surface area (Å²) in [6.07, 6.45) is 13.1. The summed E-state index contributed by atoms with van der Waals surface area (Å²) in [6, 6.07) is 16.8. The highest BCUT2D eigenvalue weighted by Crippen LogP contribution is 2.44. The third-order valence-corrected chi connectivity index (χ3v) is 5.68. The molecule has 0 saturated heterocycles. The molecule has 0 radical (unpaired) electrons. The second-order valence-electron chi connectivity index (χ2n) is 7.81. The van der Waals surface area contributed by atoms with Crippen molar-refractivity contribution < 1.29 is 9.53 Å². The fourth-order valence-corrected chi connectivity index (χ4v) is 4.12. The van der Waals surface area contributed by atoms with Gasteiger partial charge in [0.15, 0.2) is 0 Å². The van der Waals surface area contributed by atoms with Crippen molar-refractivity contribution in [3.8, 4) is 11.1 Å². The highest BCUT2D eigenvalue weighted by Gasteiger charge is 2.28. The van der Waals surface area contributed by atoms with Crippen LogP contribution in [0.2, 0.25) is 0 Å². The molecule has 3 rings (SSSR count). The fourth-order valence-electron chi connectivity index (χ4n) is 4.12. The molecule has 0 fully saturated rings. The zero-order valence-electron chi connectivity index (χ0n) is 17.3. The first kappa shape index (κ1) is 21.3. The normalized spacial score (nSPS) is 12.9. The molecular weight excluding hydrogens is 358 g/mol. The van der Waals surface area contributed by atoms with Crippen molar-refractivity contribution in [2.24, 2.45) is 5.73 Å². The summed E-state index contributed by atoms with van der Waals surface area (Å²) in [5.41, 5.74) is 10.5. The van der Waals surface area contributed by atoms with Crippen molar-refractivity contribution in [3.63, 3.8) is 0 Å². The Labute approximate surface area is 175 Å². The van der Waals surface area contributed by atoms with E-state index in [2.05, 4.69) is 48.5 Å². The van der Waals surface area contributed by atoms with Crippen LogP contribution >= 0.6 is 0 Å². The molecule has 29 heavy (non-hydrogen) atoms. The maximum Gasteiger partial charge on any atom is 0.330 e. The van der Waals surface area contributed by atoms with E-state index in [1.807, 2.05) is 6.08 Å². The second-order valence-corrected chi connectivity index (χ2v) is 7.81. The molecular formula is C26H33NO2. The highest BCUT2D eigenvalue weighted by molar-refractivity contribution is 5.82. The zero-order valence-corrected chi connectivity index (χ0v) is 17.3. The molecule has 2 aromatic rings. The van der Waals surface area contributed by atoms with E-state index in [1.54, 1.807) is 6.08 Å². The molecule has 1 aliphatic rings. The van der Waals surface area contributed by atoms with E-state index in [9.17, 15) is 4.79 Å². The number of nitrogens with two attached hydrogens (primary N) is 1. The minimum absolute atomic E-state index is 0.124. The number of fused-ring (bicyclic) bond motifs is 3. The second kappa shape index (κ2) is 11.6. The molecule has 0 aromatic heterocycles. The maximum atomic E-state index is 12.1. The van der Waals surface area contributed by atoms with E-state index >= 15 is 0 Å². The predicted molar refractivity (Wildman–Crippen MR) is 120 cm³/mol. The molecule has 0 saturated carbocycles. The van der Waals surface area contributed by atoms with E-state index in [4.69, 9.17) is 10.5 Å². The number of unbranched alkanes of at least 4 members (excludes halogenated alkanes) is 7. The van der Waals surface area contributed by atoms with Gasteiger partial charge in [-0.25, -0.2) is 4.79 Å². The molecule has 0 spiro atoms. The van der Waals surface area contributed by atoms with Crippen LogP contribution in [0.4, 0.5) is 0 Å². The SMILES string of the molecule is NCCCCCCCCCC=CC(=O)OCC1c2ccccc2-c2ccccc21. The average molecular weight is 392 g/mol. The van der Waals surface area contributed by atoms with Crippen molar-refractivity contribution in [1.29, 1.82) is 0 Å². The Kier molecular flexibility index (Phi) is 8.51.